The Labute approximate surface area is 90.7 Å². The first-order valence-corrected chi connectivity index (χ1v) is 4.78. The fourth-order valence-corrected chi connectivity index (χ4v) is 1.30. The second-order valence-electron chi connectivity index (χ2n) is 4.51. The van der Waals surface area contributed by atoms with Crippen molar-refractivity contribution in [3.05, 3.63) is 31.8 Å². The van der Waals surface area contributed by atoms with Crippen molar-refractivity contribution in [1.82, 2.24) is 9.55 Å². The molecule has 0 aliphatic rings. The van der Waals surface area contributed by atoms with Gasteiger partial charge in [0.1, 0.15) is 0 Å². The highest BCUT2D eigenvalue weighted by atomic mass is 35.5. The molecule has 0 saturated carbocycles. The lowest BCUT2D eigenvalue weighted by Gasteiger charge is -2.18. The largest absolute Gasteiger partial charge is 0.329 e. The quantitative estimate of drug-likeness (QED) is 0.747. The van der Waals surface area contributed by atoms with Gasteiger partial charge in [-0.15, -0.1) is 0 Å². The highest BCUT2D eigenvalue weighted by Gasteiger charge is 2.17. The van der Waals surface area contributed by atoms with Crippen LogP contribution in [0.25, 0.3) is 0 Å². The van der Waals surface area contributed by atoms with E-state index in [1.807, 2.05) is 20.8 Å². The van der Waals surface area contributed by atoms with Gasteiger partial charge in [-0.05, 0) is 5.41 Å². The van der Waals surface area contributed by atoms with E-state index >= 15 is 0 Å². The van der Waals surface area contributed by atoms with E-state index in [9.17, 15) is 14.0 Å². The minimum atomic E-state index is -1.12. The van der Waals surface area contributed by atoms with Crippen LogP contribution in [0.5, 0.6) is 0 Å². The van der Waals surface area contributed by atoms with Gasteiger partial charge in [0.25, 0.3) is 5.56 Å². The van der Waals surface area contributed by atoms with Gasteiger partial charge in [-0.1, -0.05) is 32.4 Å². The maximum atomic E-state index is 13.1. The maximum Gasteiger partial charge on any atom is 0.329 e. The number of halogens is 2. The molecule has 1 N–H and O–H groups in total. The van der Waals surface area contributed by atoms with E-state index in [1.54, 1.807) is 0 Å². The summed E-state index contributed by atoms with van der Waals surface area (Å²) in [4.78, 5) is 24.8. The maximum absolute atomic E-state index is 13.1. The molecule has 6 heteroatoms. The molecular weight excluding hydrogens is 223 g/mol. The molecule has 0 amide bonds. The first kappa shape index (κ1) is 12.0. The molecule has 1 aromatic rings. The van der Waals surface area contributed by atoms with Gasteiger partial charge in [-0.2, -0.15) is 4.39 Å². The Morgan fingerprint density at radius 1 is 1.40 bits per heavy atom. The van der Waals surface area contributed by atoms with Crippen LogP contribution in [-0.2, 0) is 6.54 Å². The average molecular weight is 235 g/mol. The van der Waals surface area contributed by atoms with E-state index < -0.39 is 22.2 Å². The van der Waals surface area contributed by atoms with Crippen LogP contribution >= 0.6 is 11.6 Å². The summed E-state index contributed by atoms with van der Waals surface area (Å²) in [5, 5.41) is -0.546. The van der Waals surface area contributed by atoms with Crippen molar-refractivity contribution in [2.24, 2.45) is 5.41 Å². The van der Waals surface area contributed by atoms with Crippen LogP contribution in [0.3, 0.4) is 0 Å². The van der Waals surface area contributed by atoms with Gasteiger partial charge in [0.15, 0.2) is 5.15 Å². The van der Waals surface area contributed by atoms with Gasteiger partial charge in [0, 0.05) is 6.54 Å². The third-order valence-electron chi connectivity index (χ3n) is 1.72. The van der Waals surface area contributed by atoms with E-state index in [-0.39, 0.29) is 12.0 Å². The number of rotatable bonds is 1. The minimum absolute atomic E-state index is 0.134. The van der Waals surface area contributed by atoms with Crippen molar-refractivity contribution in [3.63, 3.8) is 0 Å². The van der Waals surface area contributed by atoms with E-state index in [2.05, 4.69) is 4.98 Å². The Bertz CT molecular complexity index is 484. The molecule has 1 heterocycles. The SMILES string of the molecule is CC(C)(C)Cn1c(=O)[nH]c(Cl)c(F)c1=O. The standard InChI is InChI=1S/C9H12ClFN2O2/c1-9(2,3)4-13-7(14)5(11)6(10)12-8(13)15/h4H2,1-3H3,(H,12,15). The second-order valence-corrected chi connectivity index (χ2v) is 4.89. The summed E-state index contributed by atoms with van der Waals surface area (Å²) < 4.78 is 13.9. The van der Waals surface area contributed by atoms with Crippen molar-refractivity contribution >= 4 is 11.6 Å². The summed E-state index contributed by atoms with van der Waals surface area (Å²) in [6.45, 7) is 5.65. The van der Waals surface area contributed by atoms with Crippen LogP contribution in [0.15, 0.2) is 9.59 Å². The number of nitrogens with zero attached hydrogens (tertiary/aromatic N) is 1. The highest BCUT2D eigenvalue weighted by Crippen LogP contribution is 2.14. The fraction of sp³-hybridized carbons (Fsp3) is 0.556. The van der Waals surface area contributed by atoms with Crippen molar-refractivity contribution in [1.29, 1.82) is 0 Å². The average Bonchev–Trinajstić information content (AvgIpc) is 2.07. The molecule has 0 aliphatic heterocycles. The van der Waals surface area contributed by atoms with Gasteiger partial charge in [0.05, 0.1) is 0 Å². The van der Waals surface area contributed by atoms with Crippen LogP contribution in [-0.4, -0.2) is 9.55 Å². The summed E-state index contributed by atoms with van der Waals surface area (Å²) in [5.74, 6) is -1.12. The molecule has 0 atom stereocenters. The van der Waals surface area contributed by atoms with Crippen LogP contribution in [0.1, 0.15) is 20.8 Å². The zero-order valence-corrected chi connectivity index (χ0v) is 9.48. The lowest BCUT2D eigenvalue weighted by atomic mass is 9.97. The smallest absolute Gasteiger partial charge is 0.295 e. The summed E-state index contributed by atoms with van der Waals surface area (Å²) in [6, 6.07) is 0. The molecule has 0 spiro atoms. The molecule has 0 unspecified atom stereocenters. The van der Waals surface area contributed by atoms with E-state index in [0.29, 0.717) is 0 Å². The molecule has 0 aliphatic carbocycles. The Hall–Kier alpha value is -1.10. The number of aromatic amines is 1. The molecule has 0 aromatic carbocycles. The minimum Gasteiger partial charge on any atom is -0.295 e. The number of H-pyrrole nitrogens is 1. The summed E-state index contributed by atoms with van der Waals surface area (Å²) in [5.41, 5.74) is -1.98. The number of aromatic nitrogens is 2. The van der Waals surface area contributed by atoms with Gasteiger partial charge in [-0.25, -0.2) is 4.79 Å². The molecule has 1 aromatic heterocycles. The summed E-state index contributed by atoms with van der Waals surface area (Å²) >= 11 is 5.32. The summed E-state index contributed by atoms with van der Waals surface area (Å²) in [6.07, 6.45) is 0. The molecule has 0 bridgehead atoms. The van der Waals surface area contributed by atoms with Gasteiger partial charge >= 0.3 is 5.69 Å². The number of hydrogen-bond acceptors (Lipinski definition) is 2. The number of hydrogen-bond donors (Lipinski definition) is 1. The molecule has 15 heavy (non-hydrogen) atoms. The third-order valence-corrected chi connectivity index (χ3v) is 1.98. The van der Waals surface area contributed by atoms with Crippen LogP contribution < -0.4 is 11.2 Å². The van der Waals surface area contributed by atoms with Crippen LogP contribution in [0.2, 0.25) is 5.15 Å². The fourth-order valence-electron chi connectivity index (χ4n) is 1.14. The van der Waals surface area contributed by atoms with Crippen molar-refractivity contribution in [3.8, 4) is 0 Å². The first-order chi connectivity index (χ1) is 6.72. The third kappa shape index (κ3) is 2.68. The summed E-state index contributed by atoms with van der Waals surface area (Å²) in [7, 11) is 0. The van der Waals surface area contributed by atoms with Gasteiger partial charge < -0.3 is 0 Å². The van der Waals surface area contributed by atoms with E-state index in [4.69, 9.17) is 11.6 Å². The van der Waals surface area contributed by atoms with Crippen molar-refractivity contribution < 1.29 is 4.39 Å². The predicted molar refractivity (Wildman–Crippen MR) is 55.7 cm³/mol. The Morgan fingerprint density at radius 2 is 1.93 bits per heavy atom. The topological polar surface area (TPSA) is 54.9 Å². The lowest BCUT2D eigenvalue weighted by Crippen LogP contribution is -2.40. The van der Waals surface area contributed by atoms with Gasteiger partial charge in [-0.3, -0.25) is 14.3 Å². The van der Waals surface area contributed by atoms with Crippen molar-refractivity contribution in [2.75, 3.05) is 0 Å². The predicted octanol–water partition coefficient (Wildman–Crippen LogP) is 1.38. The molecule has 4 nitrogen and oxygen atoms in total. The van der Waals surface area contributed by atoms with E-state index in [0.717, 1.165) is 4.57 Å². The molecule has 0 radical (unpaired) electrons. The van der Waals surface area contributed by atoms with Crippen LogP contribution in [0.4, 0.5) is 4.39 Å². The Morgan fingerprint density at radius 3 is 2.40 bits per heavy atom. The zero-order valence-electron chi connectivity index (χ0n) is 8.73. The van der Waals surface area contributed by atoms with Gasteiger partial charge in [0.2, 0.25) is 5.82 Å². The Balaban J connectivity index is 3.38. The van der Waals surface area contributed by atoms with Crippen molar-refractivity contribution in [2.45, 2.75) is 27.3 Å². The normalized spacial score (nSPS) is 11.8. The second kappa shape index (κ2) is 3.81. The molecule has 0 fully saturated rings. The first-order valence-electron chi connectivity index (χ1n) is 4.40. The van der Waals surface area contributed by atoms with Crippen LogP contribution in [0, 0.1) is 11.2 Å². The number of nitrogens with one attached hydrogen (secondary N) is 1. The molecule has 84 valence electrons. The molecular formula is C9H12ClFN2O2. The van der Waals surface area contributed by atoms with E-state index in [1.165, 1.54) is 0 Å². The Kier molecular flexibility index (Phi) is 3.04. The molecule has 1 rings (SSSR count). The monoisotopic (exact) mass is 234 g/mol. The zero-order chi connectivity index (χ0) is 11.8. The molecule has 0 saturated heterocycles. The highest BCUT2D eigenvalue weighted by molar-refractivity contribution is 6.29. The lowest BCUT2D eigenvalue weighted by molar-refractivity contribution is 0.325.